The third kappa shape index (κ3) is 4.77. The van der Waals surface area contributed by atoms with Gasteiger partial charge < -0.3 is 11.1 Å². The molecule has 4 N–H and O–H groups in total. The number of piperidine rings is 1. The van der Waals surface area contributed by atoms with Gasteiger partial charge in [-0.1, -0.05) is 42.5 Å². The van der Waals surface area contributed by atoms with Gasteiger partial charge in [-0.25, -0.2) is 0 Å². The number of benzene rings is 3. The van der Waals surface area contributed by atoms with Crippen LogP contribution >= 0.6 is 0 Å². The summed E-state index contributed by atoms with van der Waals surface area (Å²) < 4.78 is 0. The van der Waals surface area contributed by atoms with Gasteiger partial charge in [0.15, 0.2) is 0 Å². The van der Waals surface area contributed by atoms with Crippen molar-refractivity contribution in [1.29, 1.82) is 0 Å². The van der Waals surface area contributed by atoms with Crippen LogP contribution in [-0.2, 0) is 22.7 Å². The van der Waals surface area contributed by atoms with Crippen molar-refractivity contribution in [3.63, 3.8) is 0 Å². The molecule has 3 heterocycles. The topological polar surface area (TPSA) is 125 Å². The fraction of sp³-hybridized carbons (Fsp3) is 0.267. The first-order valence-corrected chi connectivity index (χ1v) is 13.1. The molecule has 3 aromatic carbocycles. The fourth-order valence-electron chi connectivity index (χ4n) is 5.56. The van der Waals surface area contributed by atoms with Crippen LogP contribution < -0.4 is 16.4 Å². The second-order valence-corrected chi connectivity index (χ2v) is 10.4. The third-order valence-corrected chi connectivity index (χ3v) is 7.75. The minimum absolute atomic E-state index is 0.0891. The Labute approximate surface area is 226 Å². The number of nitrogens with one attached hydrogen (secondary N) is 2. The molecule has 0 spiro atoms. The Hall–Kier alpha value is -4.50. The lowest BCUT2D eigenvalue weighted by Crippen LogP contribution is -2.54. The monoisotopic (exact) mass is 523 g/mol. The SMILES string of the molecule is Nc1ccc(C2CN(Cc3ccc(CNc4cccc5c4C(=O)N(C4CCC(=O)NC4=O)C5=O)cc3)C2)cc1. The second-order valence-electron chi connectivity index (χ2n) is 10.4. The number of anilines is 2. The molecule has 0 aromatic heterocycles. The number of fused-ring (bicyclic) bond motifs is 1. The highest BCUT2D eigenvalue weighted by Crippen LogP contribution is 2.33. The van der Waals surface area contributed by atoms with E-state index < -0.39 is 29.7 Å². The number of nitrogen functional groups attached to an aromatic ring is 1. The number of carbonyl (C=O) groups is 4. The number of carbonyl (C=O) groups excluding carboxylic acids is 4. The number of hydrogen-bond acceptors (Lipinski definition) is 7. The van der Waals surface area contributed by atoms with Crippen LogP contribution in [0.4, 0.5) is 11.4 Å². The Kier molecular flexibility index (Phi) is 6.36. The molecule has 198 valence electrons. The van der Waals surface area contributed by atoms with Crippen LogP contribution in [0.15, 0.2) is 66.7 Å². The van der Waals surface area contributed by atoms with Crippen molar-refractivity contribution in [1.82, 2.24) is 15.1 Å². The van der Waals surface area contributed by atoms with Crippen molar-refractivity contribution in [2.45, 2.75) is 37.9 Å². The molecule has 1 unspecified atom stereocenters. The Balaban J connectivity index is 1.07. The van der Waals surface area contributed by atoms with Crippen molar-refractivity contribution >= 4 is 35.0 Å². The summed E-state index contributed by atoms with van der Waals surface area (Å²) in [5.74, 6) is -1.50. The van der Waals surface area contributed by atoms with Gasteiger partial charge in [0, 0.05) is 49.9 Å². The molecule has 9 nitrogen and oxygen atoms in total. The minimum Gasteiger partial charge on any atom is -0.399 e. The van der Waals surface area contributed by atoms with E-state index in [1.807, 2.05) is 12.1 Å². The molecule has 0 radical (unpaired) electrons. The average Bonchev–Trinajstić information content (AvgIpc) is 3.16. The summed E-state index contributed by atoms with van der Waals surface area (Å²) in [5, 5.41) is 5.51. The van der Waals surface area contributed by atoms with Crippen molar-refractivity contribution in [2.75, 3.05) is 24.1 Å². The highest BCUT2D eigenvalue weighted by molar-refractivity contribution is 6.25. The Morgan fingerprint density at radius 1 is 0.872 bits per heavy atom. The van der Waals surface area contributed by atoms with E-state index >= 15 is 0 Å². The summed E-state index contributed by atoms with van der Waals surface area (Å²) in [4.78, 5) is 53.6. The third-order valence-electron chi connectivity index (χ3n) is 7.75. The molecule has 4 amide bonds. The second kappa shape index (κ2) is 9.99. The molecule has 9 heteroatoms. The molecule has 6 rings (SSSR count). The molecule has 0 saturated carbocycles. The zero-order chi connectivity index (χ0) is 27.1. The lowest BCUT2D eigenvalue weighted by Gasteiger charge is -2.39. The first kappa shape index (κ1) is 24.8. The number of rotatable bonds is 7. The molecule has 39 heavy (non-hydrogen) atoms. The highest BCUT2D eigenvalue weighted by Gasteiger charge is 2.45. The molecule has 1 atom stereocenters. The van der Waals surface area contributed by atoms with Gasteiger partial charge in [-0.3, -0.25) is 34.3 Å². The van der Waals surface area contributed by atoms with Gasteiger partial charge in [0.25, 0.3) is 11.8 Å². The molecular formula is C30H29N5O4. The largest absolute Gasteiger partial charge is 0.399 e. The standard InChI is InChI=1S/C30H29N5O4/c31-22-10-8-20(9-11-22)21-16-34(17-21)15-19-6-4-18(5-7-19)14-32-24-3-1-2-23-27(24)30(39)35(29(23)38)25-12-13-26(36)33-28(25)37/h1-11,21,25,32H,12-17,31H2,(H,33,36,37). The van der Waals surface area contributed by atoms with E-state index in [2.05, 4.69) is 51.9 Å². The maximum atomic E-state index is 13.3. The molecule has 0 aliphatic carbocycles. The van der Waals surface area contributed by atoms with Crippen LogP contribution in [0.25, 0.3) is 0 Å². The molecule has 3 aliphatic rings. The van der Waals surface area contributed by atoms with E-state index in [-0.39, 0.29) is 24.0 Å². The van der Waals surface area contributed by atoms with Gasteiger partial charge in [-0.15, -0.1) is 0 Å². The summed E-state index contributed by atoms with van der Waals surface area (Å²) >= 11 is 0. The van der Waals surface area contributed by atoms with Gasteiger partial charge in [-0.05, 0) is 47.4 Å². The summed E-state index contributed by atoms with van der Waals surface area (Å²) in [5.41, 5.74) is 11.2. The smallest absolute Gasteiger partial charge is 0.264 e. The molecule has 2 saturated heterocycles. The van der Waals surface area contributed by atoms with Gasteiger partial charge in [-0.2, -0.15) is 0 Å². The minimum atomic E-state index is -0.983. The zero-order valence-corrected chi connectivity index (χ0v) is 21.4. The number of amides is 4. The number of nitrogens with two attached hydrogens (primary N) is 1. The maximum absolute atomic E-state index is 13.3. The van der Waals surface area contributed by atoms with E-state index in [1.165, 1.54) is 11.1 Å². The lowest BCUT2D eigenvalue weighted by molar-refractivity contribution is -0.136. The quantitative estimate of drug-likeness (QED) is 0.321. The van der Waals surface area contributed by atoms with Crippen molar-refractivity contribution in [2.24, 2.45) is 0 Å². The van der Waals surface area contributed by atoms with Crippen molar-refractivity contribution in [3.05, 3.63) is 94.5 Å². The van der Waals surface area contributed by atoms with Crippen LogP contribution in [-0.4, -0.2) is 52.6 Å². The van der Waals surface area contributed by atoms with Crippen LogP contribution in [0, 0.1) is 0 Å². The number of nitrogens with zero attached hydrogens (tertiary/aromatic N) is 2. The normalized spacial score (nSPS) is 19.6. The summed E-state index contributed by atoms with van der Waals surface area (Å²) in [7, 11) is 0. The van der Waals surface area contributed by atoms with E-state index in [4.69, 9.17) is 5.73 Å². The number of hydrogen-bond donors (Lipinski definition) is 3. The van der Waals surface area contributed by atoms with E-state index in [0.29, 0.717) is 18.2 Å². The van der Waals surface area contributed by atoms with E-state index in [9.17, 15) is 19.2 Å². The average molecular weight is 524 g/mol. The summed E-state index contributed by atoms with van der Waals surface area (Å²) in [6.45, 7) is 3.40. The number of imide groups is 2. The van der Waals surface area contributed by atoms with Gasteiger partial charge in [0.2, 0.25) is 11.8 Å². The van der Waals surface area contributed by atoms with E-state index in [1.54, 1.807) is 18.2 Å². The Bertz CT molecular complexity index is 1460. The lowest BCUT2D eigenvalue weighted by atomic mass is 9.91. The highest BCUT2D eigenvalue weighted by atomic mass is 16.2. The van der Waals surface area contributed by atoms with Crippen molar-refractivity contribution in [3.8, 4) is 0 Å². The van der Waals surface area contributed by atoms with Crippen molar-refractivity contribution < 1.29 is 19.2 Å². The van der Waals surface area contributed by atoms with Crippen LogP contribution in [0.1, 0.15) is 56.2 Å². The van der Waals surface area contributed by atoms with E-state index in [0.717, 1.165) is 35.8 Å². The van der Waals surface area contributed by atoms with Crippen LogP contribution in [0.2, 0.25) is 0 Å². The van der Waals surface area contributed by atoms with Crippen LogP contribution in [0.3, 0.4) is 0 Å². The predicted octanol–water partition coefficient (Wildman–Crippen LogP) is 2.88. The first-order chi connectivity index (χ1) is 18.9. The summed E-state index contributed by atoms with van der Waals surface area (Å²) in [6.07, 6.45) is 0.219. The first-order valence-electron chi connectivity index (χ1n) is 13.1. The van der Waals surface area contributed by atoms with Gasteiger partial charge >= 0.3 is 0 Å². The fourth-order valence-corrected chi connectivity index (χ4v) is 5.56. The molecule has 3 aliphatic heterocycles. The van der Waals surface area contributed by atoms with Gasteiger partial charge in [0.1, 0.15) is 6.04 Å². The number of likely N-dealkylation sites (tertiary alicyclic amines) is 1. The zero-order valence-electron chi connectivity index (χ0n) is 21.4. The maximum Gasteiger partial charge on any atom is 0.264 e. The molecular weight excluding hydrogens is 494 g/mol. The molecule has 3 aromatic rings. The van der Waals surface area contributed by atoms with Gasteiger partial charge in [0.05, 0.1) is 11.1 Å². The summed E-state index contributed by atoms with van der Waals surface area (Å²) in [6, 6.07) is 20.6. The molecule has 2 fully saturated rings. The Morgan fingerprint density at radius 2 is 1.59 bits per heavy atom. The predicted molar refractivity (Wildman–Crippen MR) is 146 cm³/mol. The molecule has 0 bridgehead atoms. The van der Waals surface area contributed by atoms with Crippen LogP contribution in [0.5, 0.6) is 0 Å². The Morgan fingerprint density at radius 3 is 2.31 bits per heavy atom.